The van der Waals surface area contributed by atoms with Crippen LogP contribution in [0.3, 0.4) is 0 Å². The van der Waals surface area contributed by atoms with Crippen molar-refractivity contribution in [3.8, 4) is 17.2 Å². The van der Waals surface area contributed by atoms with Gasteiger partial charge in [0.25, 0.3) is 5.91 Å². The number of ether oxygens (including phenoxy) is 3. The van der Waals surface area contributed by atoms with E-state index in [1.807, 2.05) is 0 Å². The molecule has 0 aliphatic heterocycles. The average Bonchev–Trinajstić information content (AvgIpc) is 2.64. The fraction of sp³-hybridized carbons (Fsp3) is 0.211. The van der Waals surface area contributed by atoms with Crippen LogP contribution in [0, 0.1) is 0 Å². The Morgan fingerprint density at radius 3 is 2.46 bits per heavy atom. The number of rotatable bonds is 7. The van der Waals surface area contributed by atoms with Crippen LogP contribution in [0.5, 0.6) is 17.2 Å². The molecule has 28 heavy (non-hydrogen) atoms. The highest BCUT2D eigenvalue weighted by Crippen LogP contribution is 2.29. The Morgan fingerprint density at radius 2 is 1.82 bits per heavy atom. The Bertz CT molecular complexity index is 902. The third kappa shape index (κ3) is 6.14. The summed E-state index contributed by atoms with van der Waals surface area (Å²) >= 11 is 11.8. The smallest absolute Gasteiger partial charge is 0.308 e. The van der Waals surface area contributed by atoms with Crippen molar-refractivity contribution in [3.63, 3.8) is 0 Å². The zero-order valence-electron chi connectivity index (χ0n) is 15.4. The van der Waals surface area contributed by atoms with Gasteiger partial charge in [-0.25, -0.2) is 5.43 Å². The number of nitrogens with one attached hydrogen (secondary N) is 1. The van der Waals surface area contributed by atoms with Crippen molar-refractivity contribution >= 4 is 41.3 Å². The van der Waals surface area contributed by atoms with Gasteiger partial charge in [-0.05, 0) is 48.9 Å². The van der Waals surface area contributed by atoms with Gasteiger partial charge in [-0.2, -0.15) is 5.10 Å². The Morgan fingerprint density at radius 1 is 1.11 bits per heavy atom. The van der Waals surface area contributed by atoms with E-state index in [-0.39, 0.29) is 5.75 Å². The normalized spacial score (nSPS) is 11.8. The molecule has 0 heterocycles. The van der Waals surface area contributed by atoms with Gasteiger partial charge >= 0.3 is 5.97 Å². The molecule has 0 spiro atoms. The number of hydrogen-bond donors (Lipinski definition) is 1. The lowest BCUT2D eigenvalue weighted by molar-refractivity contribution is -0.132. The summed E-state index contributed by atoms with van der Waals surface area (Å²) in [6.07, 6.45) is 0.580. The molecular formula is C19H18Cl2N2O5. The molecule has 9 heteroatoms. The molecule has 7 nitrogen and oxygen atoms in total. The van der Waals surface area contributed by atoms with Crippen molar-refractivity contribution in [2.24, 2.45) is 5.10 Å². The van der Waals surface area contributed by atoms with E-state index in [2.05, 4.69) is 10.5 Å². The quantitative estimate of drug-likeness (QED) is 0.315. The van der Waals surface area contributed by atoms with Gasteiger partial charge in [-0.15, -0.1) is 0 Å². The molecule has 2 aromatic rings. The maximum absolute atomic E-state index is 12.1. The van der Waals surface area contributed by atoms with Gasteiger partial charge in [0.2, 0.25) is 0 Å². The van der Waals surface area contributed by atoms with Crippen LogP contribution in [0.1, 0.15) is 19.4 Å². The van der Waals surface area contributed by atoms with Gasteiger partial charge in [-0.1, -0.05) is 23.2 Å². The standard InChI is InChI=1S/C19H18Cl2N2O5/c1-11(27-16-7-5-14(20)9-15(16)21)19(25)23-22-10-13-4-6-17(28-12(2)24)18(8-13)26-3/h4-11H,1-3H3,(H,23,25)/b22-10+. The number of hydrogen-bond acceptors (Lipinski definition) is 6. The molecule has 0 aromatic heterocycles. The largest absolute Gasteiger partial charge is 0.493 e. The molecule has 2 rings (SSSR count). The fourth-order valence-electron chi connectivity index (χ4n) is 2.08. The maximum Gasteiger partial charge on any atom is 0.308 e. The second-order valence-corrected chi connectivity index (χ2v) is 6.42. The maximum atomic E-state index is 12.1. The number of carbonyl (C=O) groups is 2. The molecule has 1 atom stereocenters. The van der Waals surface area contributed by atoms with Gasteiger partial charge in [0.15, 0.2) is 17.6 Å². The number of methoxy groups -OCH3 is 1. The molecular weight excluding hydrogens is 407 g/mol. The highest BCUT2D eigenvalue weighted by atomic mass is 35.5. The van der Waals surface area contributed by atoms with E-state index in [0.29, 0.717) is 27.1 Å². The monoisotopic (exact) mass is 424 g/mol. The van der Waals surface area contributed by atoms with Crippen LogP contribution in [0.2, 0.25) is 10.0 Å². The topological polar surface area (TPSA) is 86.2 Å². The molecule has 0 aliphatic carbocycles. The van der Waals surface area contributed by atoms with E-state index in [9.17, 15) is 9.59 Å². The lowest BCUT2D eigenvalue weighted by Crippen LogP contribution is -2.33. The third-order valence-corrected chi connectivity index (χ3v) is 3.93. The number of hydrazone groups is 1. The Labute approximate surface area is 172 Å². The molecule has 1 N–H and O–H groups in total. The summed E-state index contributed by atoms with van der Waals surface area (Å²) in [4.78, 5) is 23.2. The zero-order valence-corrected chi connectivity index (χ0v) is 16.9. The van der Waals surface area contributed by atoms with Crippen molar-refractivity contribution in [1.29, 1.82) is 0 Å². The lowest BCUT2D eigenvalue weighted by atomic mass is 10.2. The number of benzene rings is 2. The first kappa shape index (κ1) is 21.5. The molecule has 2 aromatic carbocycles. The summed E-state index contributed by atoms with van der Waals surface area (Å²) in [6, 6.07) is 9.55. The lowest BCUT2D eigenvalue weighted by Gasteiger charge is -2.14. The highest BCUT2D eigenvalue weighted by Gasteiger charge is 2.15. The number of amides is 1. The second kappa shape index (κ2) is 9.96. The van der Waals surface area contributed by atoms with Crippen LogP contribution in [0.15, 0.2) is 41.5 Å². The number of halogens is 2. The number of carbonyl (C=O) groups excluding carboxylic acids is 2. The van der Waals surface area contributed by atoms with E-state index in [1.165, 1.54) is 26.3 Å². The summed E-state index contributed by atoms with van der Waals surface area (Å²) in [7, 11) is 1.45. The molecule has 148 valence electrons. The van der Waals surface area contributed by atoms with E-state index in [0.717, 1.165) is 0 Å². The third-order valence-electron chi connectivity index (χ3n) is 3.40. The van der Waals surface area contributed by atoms with Gasteiger partial charge in [0.1, 0.15) is 5.75 Å². The van der Waals surface area contributed by atoms with Gasteiger partial charge in [0, 0.05) is 11.9 Å². The van der Waals surface area contributed by atoms with Crippen molar-refractivity contribution < 1.29 is 23.8 Å². The summed E-state index contributed by atoms with van der Waals surface area (Å²) in [5.74, 6) is 0.0635. The van der Waals surface area contributed by atoms with Gasteiger partial charge in [0.05, 0.1) is 18.3 Å². The van der Waals surface area contributed by atoms with Gasteiger partial charge in [-0.3, -0.25) is 9.59 Å². The van der Waals surface area contributed by atoms with Crippen molar-refractivity contribution in [3.05, 3.63) is 52.0 Å². The summed E-state index contributed by atoms with van der Waals surface area (Å²) < 4.78 is 15.7. The molecule has 1 amide bonds. The minimum Gasteiger partial charge on any atom is -0.493 e. The van der Waals surface area contributed by atoms with Crippen molar-refractivity contribution in [1.82, 2.24) is 5.43 Å². The van der Waals surface area contributed by atoms with Crippen LogP contribution in [-0.2, 0) is 9.59 Å². The Kier molecular flexibility index (Phi) is 7.66. The van der Waals surface area contributed by atoms with Crippen LogP contribution in [-0.4, -0.2) is 31.3 Å². The van der Waals surface area contributed by atoms with Crippen molar-refractivity contribution in [2.45, 2.75) is 20.0 Å². The van der Waals surface area contributed by atoms with Crippen LogP contribution >= 0.6 is 23.2 Å². The number of nitrogens with zero attached hydrogens (tertiary/aromatic N) is 1. The summed E-state index contributed by atoms with van der Waals surface area (Å²) in [6.45, 7) is 2.86. The summed E-state index contributed by atoms with van der Waals surface area (Å²) in [5.41, 5.74) is 3.00. The molecule has 0 aliphatic rings. The number of esters is 1. The molecule has 0 bridgehead atoms. The van der Waals surface area contributed by atoms with Crippen LogP contribution in [0.25, 0.3) is 0 Å². The van der Waals surface area contributed by atoms with E-state index >= 15 is 0 Å². The molecule has 0 fully saturated rings. The highest BCUT2D eigenvalue weighted by molar-refractivity contribution is 6.35. The predicted octanol–water partition coefficient (Wildman–Crippen LogP) is 3.84. The second-order valence-electron chi connectivity index (χ2n) is 5.57. The average molecular weight is 425 g/mol. The fourth-order valence-corrected chi connectivity index (χ4v) is 2.53. The van der Waals surface area contributed by atoms with E-state index in [4.69, 9.17) is 37.4 Å². The predicted molar refractivity (Wildman–Crippen MR) is 107 cm³/mol. The minimum atomic E-state index is -0.836. The van der Waals surface area contributed by atoms with Crippen LogP contribution < -0.4 is 19.6 Å². The first-order chi connectivity index (χ1) is 13.3. The van der Waals surface area contributed by atoms with Crippen LogP contribution in [0.4, 0.5) is 0 Å². The Hall–Kier alpha value is -2.77. The zero-order chi connectivity index (χ0) is 20.7. The SMILES string of the molecule is COc1cc(/C=N/NC(=O)C(C)Oc2ccc(Cl)cc2Cl)ccc1OC(C)=O. The first-order valence-corrected chi connectivity index (χ1v) is 8.87. The molecule has 0 saturated carbocycles. The minimum absolute atomic E-state index is 0.290. The molecule has 0 radical (unpaired) electrons. The molecule has 1 unspecified atom stereocenters. The van der Waals surface area contributed by atoms with E-state index < -0.39 is 18.0 Å². The molecule has 0 saturated heterocycles. The first-order valence-electron chi connectivity index (χ1n) is 8.11. The Balaban J connectivity index is 1.97. The summed E-state index contributed by atoms with van der Waals surface area (Å²) in [5, 5.41) is 4.65. The van der Waals surface area contributed by atoms with Crippen molar-refractivity contribution in [2.75, 3.05) is 7.11 Å². The van der Waals surface area contributed by atoms with Gasteiger partial charge < -0.3 is 14.2 Å². The van der Waals surface area contributed by atoms with E-state index in [1.54, 1.807) is 37.3 Å².